The van der Waals surface area contributed by atoms with Gasteiger partial charge >= 0.3 is 0 Å². The first-order valence-electron chi connectivity index (χ1n) is 8.63. The Morgan fingerprint density at radius 3 is 2.88 bits per heavy atom. The molecule has 1 saturated carbocycles. The third kappa shape index (κ3) is 3.10. The zero-order chi connectivity index (χ0) is 17.6. The lowest BCUT2D eigenvalue weighted by Crippen LogP contribution is -2.30. The van der Waals surface area contributed by atoms with Crippen molar-refractivity contribution in [2.75, 3.05) is 16.8 Å². The maximum atomic E-state index is 13.9. The Labute approximate surface area is 145 Å². The van der Waals surface area contributed by atoms with Crippen LogP contribution in [-0.2, 0) is 17.8 Å². The van der Waals surface area contributed by atoms with Gasteiger partial charge in [0.05, 0.1) is 23.6 Å². The van der Waals surface area contributed by atoms with Crippen molar-refractivity contribution in [3.05, 3.63) is 34.8 Å². The maximum Gasteiger partial charge on any atom is 0.263 e. The Hall–Kier alpha value is -2.44. The van der Waals surface area contributed by atoms with Crippen molar-refractivity contribution in [2.24, 2.45) is 0 Å². The summed E-state index contributed by atoms with van der Waals surface area (Å²) in [5.74, 6) is 0.700. The number of halogens is 1. The number of pyridine rings is 1. The van der Waals surface area contributed by atoms with Gasteiger partial charge in [0.25, 0.3) is 5.91 Å². The van der Waals surface area contributed by atoms with Crippen LogP contribution in [0, 0.1) is 13.8 Å². The molecule has 0 radical (unpaired) electrons. The predicted octanol–water partition coefficient (Wildman–Crippen LogP) is 3.08. The minimum atomic E-state index is -1.69. The highest BCUT2D eigenvalue weighted by Crippen LogP contribution is 2.41. The van der Waals surface area contributed by atoms with Crippen molar-refractivity contribution >= 4 is 17.4 Å². The van der Waals surface area contributed by atoms with Gasteiger partial charge in [-0.3, -0.25) is 4.79 Å². The minimum absolute atomic E-state index is 0.299. The lowest BCUT2D eigenvalue weighted by Gasteiger charge is -2.30. The number of carbonyl (C=O) groups is 1. The normalized spacial score (nSPS) is 18.0. The number of nitrogens with one attached hydrogen (secondary N) is 1. The van der Waals surface area contributed by atoms with Crippen LogP contribution in [0.2, 0.25) is 0 Å². The lowest BCUT2D eigenvalue weighted by atomic mass is 10.1. The molecule has 0 bridgehead atoms. The van der Waals surface area contributed by atoms with Crippen LogP contribution in [0.5, 0.6) is 0 Å². The molecule has 3 heterocycles. The molecule has 2 aliphatic rings. The van der Waals surface area contributed by atoms with Crippen molar-refractivity contribution in [3.63, 3.8) is 0 Å². The average Bonchev–Trinajstić information content (AvgIpc) is 3.20. The van der Waals surface area contributed by atoms with E-state index in [2.05, 4.69) is 20.4 Å². The molecule has 0 unspecified atom stereocenters. The number of rotatable bonds is 4. The Balaban J connectivity index is 1.58. The Bertz CT molecular complexity index is 828. The van der Waals surface area contributed by atoms with E-state index in [9.17, 15) is 9.18 Å². The summed E-state index contributed by atoms with van der Waals surface area (Å²) in [5, 5.41) is 6.59. The van der Waals surface area contributed by atoms with Crippen LogP contribution in [0.25, 0.3) is 0 Å². The molecule has 0 spiro atoms. The summed E-state index contributed by atoms with van der Waals surface area (Å²) in [6.45, 7) is 5.32. The van der Waals surface area contributed by atoms with E-state index in [0.717, 1.165) is 47.8 Å². The molecule has 1 N–H and O–H groups in total. The third-order valence-corrected chi connectivity index (χ3v) is 4.80. The number of alkyl halides is 1. The number of carbonyl (C=O) groups excluding carboxylic acids is 1. The molecule has 25 heavy (non-hydrogen) atoms. The van der Waals surface area contributed by atoms with Gasteiger partial charge in [-0.15, -0.1) is 0 Å². The molecule has 2 aromatic heterocycles. The second kappa shape index (κ2) is 5.82. The summed E-state index contributed by atoms with van der Waals surface area (Å²) in [5.41, 5.74) is 1.96. The van der Waals surface area contributed by atoms with E-state index < -0.39 is 11.6 Å². The number of aromatic nitrogens is 2. The Kier molecular flexibility index (Phi) is 3.74. The summed E-state index contributed by atoms with van der Waals surface area (Å²) in [4.78, 5) is 18.8. The molecular formula is C18H21FN4O2. The van der Waals surface area contributed by atoms with E-state index in [4.69, 9.17) is 4.52 Å². The van der Waals surface area contributed by atoms with Gasteiger partial charge < -0.3 is 14.7 Å². The zero-order valence-electron chi connectivity index (χ0n) is 14.4. The van der Waals surface area contributed by atoms with E-state index in [-0.39, 0.29) is 0 Å². The Morgan fingerprint density at radius 2 is 2.20 bits per heavy atom. The molecule has 0 aromatic carbocycles. The Morgan fingerprint density at radius 1 is 1.40 bits per heavy atom. The van der Waals surface area contributed by atoms with Gasteiger partial charge in [-0.05, 0) is 51.2 Å². The number of hydrogen-bond acceptors (Lipinski definition) is 5. The molecule has 0 saturated heterocycles. The number of nitrogens with zero attached hydrogens (tertiary/aromatic N) is 3. The summed E-state index contributed by atoms with van der Waals surface area (Å²) in [7, 11) is 0. The van der Waals surface area contributed by atoms with Gasteiger partial charge in [-0.2, -0.15) is 0 Å². The van der Waals surface area contributed by atoms with Gasteiger partial charge in [0, 0.05) is 12.6 Å². The highest BCUT2D eigenvalue weighted by atomic mass is 19.1. The van der Waals surface area contributed by atoms with Crippen molar-refractivity contribution in [1.29, 1.82) is 0 Å². The first-order valence-corrected chi connectivity index (χ1v) is 8.63. The summed E-state index contributed by atoms with van der Waals surface area (Å²) < 4.78 is 19.2. The summed E-state index contributed by atoms with van der Waals surface area (Å²) in [6, 6.07) is 3.94. The molecule has 7 heteroatoms. The number of aryl methyl sites for hydroxylation is 3. The zero-order valence-corrected chi connectivity index (χ0v) is 14.4. The van der Waals surface area contributed by atoms with Crippen LogP contribution >= 0.6 is 0 Å². The maximum absolute atomic E-state index is 13.9. The molecule has 4 rings (SSSR count). The van der Waals surface area contributed by atoms with Gasteiger partial charge in [-0.25, -0.2) is 9.37 Å². The van der Waals surface area contributed by atoms with Gasteiger partial charge in [-0.1, -0.05) is 5.16 Å². The SMILES string of the molecule is Cc1cc(CN2CCCc3nc(NC(=O)C4(F)CC4)c(C)cc32)on1. The first kappa shape index (κ1) is 16.1. The average molecular weight is 344 g/mol. The molecular weight excluding hydrogens is 323 g/mol. The van der Waals surface area contributed by atoms with Crippen LogP contribution in [0.4, 0.5) is 15.9 Å². The summed E-state index contributed by atoms with van der Waals surface area (Å²) >= 11 is 0. The number of fused-ring (bicyclic) bond motifs is 1. The molecule has 2 aromatic rings. The van der Waals surface area contributed by atoms with Crippen molar-refractivity contribution < 1.29 is 13.7 Å². The molecule has 6 nitrogen and oxygen atoms in total. The topological polar surface area (TPSA) is 71.3 Å². The van der Waals surface area contributed by atoms with Crippen LogP contribution < -0.4 is 10.2 Å². The minimum Gasteiger partial charge on any atom is -0.362 e. The van der Waals surface area contributed by atoms with Gasteiger partial charge in [0.15, 0.2) is 11.4 Å². The quantitative estimate of drug-likeness (QED) is 0.923. The standard InChI is InChI=1S/C18H21FN4O2/c1-11-8-15-14(20-16(11)21-17(24)18(19)5-6-18)4-3-7-23(15)10-13-9-12(2)22-25-13/h8-9H,3-7,10H2,1-2H3,(H,20,21,24). The van der Waals surface area contributed by atoms with Crippen LogP contribution in [0.1, 0.15) is 42.0 Å². The van der Waals surface area contributed by atoms with E-state index in [1.807, 2.05) is 26.0 Å². The van der Waals surface area contributed by atoms with E-state index in [0.29, 0.717) is 25.2 Å². The van der Waals surface area contributed by atoms with Crippen LogP contribution in [0.15, 0.2) is 16.7 Å². The number of anilines is 2. The fourth-order valence-corrected chi connectivity index (χ4v) is 3.18. The lowest BCUT2D eigenvalue weighted by molar-refractivity contribution is -0.122. The molecule has 1 fully saturated rings. The van der Waals surface area contributed by atoms with Crippen LogP contribution in [0.3, 0.4) is 0 Å². The van der Waals surface area contributed by atoms with Gasteiger partial charge in [0.2, 0.25) is 0 Å². The van der Waals surface area contributed by atoms with E-state index in [1.54, 1.807) is 0 Å². The monoisotopic (exact) mass is 344 g/mol. The second-order valence-electron chi connectivity index (χ2n) is 7.00. The largest absolute Gasteiger partial charge is 0.362 e. The first-order chi connectivity index (χ1) is 11.9. The molecule has 132 valence electrons. The highest BCUT2D eigenvalue weighted by molar-refractivity contribution is 5.99. The molecule has 1 aliphatic carbocycles. The van der Waals surface area contributed by atoms with Crippen LogP contribution in [-0.4, -0.2) is 28.3 Å². The third-order valence-electron chi connectivity index (χ3n) is 4.80. The molecule has 0 atom stereocenters. The molecule has 1 amide bonds. The van der Waals surface area contributed by atoms with Crippen molar-refractivity contribution in [3.8, 4) is 0 Å². The highest BCUT2D eigenvalue weighted by Gasteiger charge is 2.51. The fourth-order valence-electron chi connectivity index (χ4n) is 3.18. The van der Waals surface area contributed by atoms with Gasteiger partial charge in [0.1, 0.15) is 5.82 Å². The molecule has 1 aliphatic heterocycles. The van der Waals surface area contributed by atoms with E-state index >= 15 is 0 Å². The van der Waals surface area contributed by atoms with E-state index in [1.165, 1.54) is 0 Å². The van der Waals surface area contributed by atoms with Crippen molar-refractivity contribution in [1.82, 2.24) is 10.1 Å². The van der Waals surface area contributed by atoms with Crippen molar-refractivity contribution in [2.45, 2.75) is 51.7 Å². The number of amides is 1. The summed E-state index contributed by atoms with van der Waals surface area (Å²) in [6.07, 6.45) is 2.40. The number of hydrogen-bond donors (Lipinski definition) is 1. The fraction of sp³-hybridized carbons (Fsp3) is 0.500. The smallest absolute Gasteiger partial charge is 0.263 e. The predicted molar refractivity (Wildman–Crippen MR) is 91.3 cm³/mol. The second-order valence-corrected chi connectivity index (χ2v) is 7.00.